The zero-order valence-electron chi connectivity index (χ0n) is 13.6. The van der Waals surface area contributed by atoms with Crippen LogP contribution in [0.5, 0.6) is 11.5 Å². The first-order valence-corrected chi connectivity index (χ1v) is 9.64. The first-order valence-electron chi connectivity index (χ1n) is 7.84. The van der Waals surface area contributed by atoms with Crippen molar-refractivity contribution in [2.45, 2.75) is 16.2 Å². The van der Waals surface area contributed by atoms with Gasteiger partial charge in [0.2, 0.25) is 11.2 Å². The van der Waals surface area contributed by atoms with Gasteiger partial charge in [-0.2, -0.15) is 4.98 Å². The van der Waals surface area contributed by atoms with Crippen LogP contribution >= 0.6 is 23.1 Å². The van der Waals surface area contributed by atoms with E-state index in [1.54, 1.807) is 6.08 Å². The normalized spacial score (nSPS) is 15.6. The van der Waals surface area contributed by atoms with Crippen molar-refractivity contribution in [1.82, 2.24) is 20.3 Å². The topological polar surface area (TPSA) is 95.2 Å². The summed E-state index contributed by atoms with van der Waals surface area (Å²) in [5, 5.41) is 16.0. The molecule has 1 aliphatic rings. The molecule has 0 saturated carbocycles. The molecule has 0 saturated heterocycles. The molecule has 4 rings (SSSR count). The van der Waals surface area contributed by atoms with Gasteiger partial charge in [0.1, 0.15) is 6.61 Å². The van der Waals surface area contributed by atoms with E-state index in [0.717, 1.165) is 15.2 Å². The monoisotopic (exact) mass is 389 g/mol. The summed E-state index contributed by atoms with van der Waals surface area (Å²) in [7, 11) is 0. The Morgan fingerprint density at radius 3 is 3.08 bits per heavy atom. The van der Waals surface area contributed by atoms with Gasteiger partial charge in [-0.3, -0.25) is 0 Å². The summed E-state index contributed by atoms with van der Waals surface area (Å²) in [5.74, 6) is 2.90. The molecular formula is C16H15N5O3S2. The number of hydrogen-bond acceptors (Lipinski definition) is 10. The maximum Gasteiger partial charge on any atom is 0.271 e. The van der Waals surface area contributed by atoms with Gasteiger partial charge >= 0.3 is 0 Å². The molecule has 0 bridgehead atoms. The number of nitrogens with zero attached hydrogens (tertiary/aromatic N) is 4. The first kappa shape index (κ1) is 16.9. The molecule has 3 aromatic rings. The standard InChI is InChI=1S/C16H15N5O3S2/c1-2-7-17-15-19-20-16(26-15)25-9-13-18-14(24-21-13)12-8-22-10-5-3-4-6-11(10)23-12/h2-6,12H,1,7-9H2,(H,17,19). The summed E-state index contributed by atoms with van der Waals surface area (Å²) < 4.78 is 17.7. The van der Waals surface area contributed by atoms with E-state index in [9.17, 15) is 0 Å². The number of thioether (sulfide) groups is 1. The molecule has 0 fully saturated rings. The molecule has 1 aliphatic heterocycles. The van der Waals surface area contributed by atoms with Gasteiger partial charge in [-0.1, -0.05) is 46.5 Å². The van der Waals surface area contributed by atoms with E-state index in [0.29, 0.717) is 36.4 Å². The molecule has 0 aliphatic carbocycles. The van der Waals surface area contributed by atoms with Crippen molar-refractivity contribution in [2.24, 2.45) is 0 Å². The van der Waals surface area contributed by atoms with Gasteiger partial charge in [-0.05, 0) is 12.1 Å². The van der Waals surface area contributed by atoms with Gasteiger partial charge in [0.05, 0.1) is 5.75 Å². The highest BCUT2D eigenvalue weighted by atomic mass is 32.2. The lowest BCUT2D eigenvalue weighted by Gasteiger charge is -2.23. The van der Waals surface area contributed by atoms with Gasteiger partial charge in [0.25, 0.3) is 5.89 Å². The zero-order valence-corrected chi connectivity index (χ0v) is 15.3. The number of para-hydroxylation sites is 2. The number of ether oxygens (including phenoxy) is 2. The van der Waals surface area contributed by atoms with Crippen LogP contribution in [-0.2, 0) is 5.75 Å². The average molecular weight is 389 g/mol. The lowest BCUT2D eigenvalue weighted by Crippen LogP contribution is -2.21. The molecular weight excluding hydrogens is 374 g/mol. The summed E-state index contributed by atoms with van der Waals surface area (Å²) in [5.41, 5.74) is 0. The van der Waals surface area contributed by atoms with Crippen LogP contribution in [0.25, 0.3) is 0 Å². The Balaban J connectivity index is 1.35. The lowest BCUT2D eigenvalue weighted by molar-refractivity contribution is 0.0665. The molecule has 10 heteroatoms. The van der Waals surface area contributed by atoms with E-state index in [1.807, 2.05) is 24.3 Å². The Kier molecular flexibility index (Phi) is 5.02. The number of fused-ring (bicyclic) bond motifs is 1. The summed E-state index contributed by atoms with van der Waals surface area (Å²) in [6.45, 7) is 4.64. The molecule has 0 spiro atoms. The van der Waals surface area contributed by atoms with E-state index >= 15 is 0 Å². The Labute approximate surface area is 157 Å². The Morgan fingerprint density at radius 1 is 1.31 bits per heavy atom. The van der Waals surface area contributed by atoms with Crippen LogP contribution < -0.4 is 14.8 Å². The average Bonchev–Trinajstić information content (AvgIpc) is 3.34. The summed E-state index contributed by atoms with van der Waals surface area (Å²) in [6, 6.07) is 7.50. The van der Waals surface area contributed by atoms with Crippen molar-refractivity contribution in [3.63, 3.8) is 0 Å². The SMILES string of the molecule is C=CCNc1nnc(SCc2noc(C3COc4ccccc4O3)n2)s1. The second-order valence-electron chi connectivity index (χ2n) is 5.24. The molecule has 1 atom stereocenters. The molecule has 26 heavy (non-hydrogen) atoms. The minimum atomic E-state index is -0.410. The number of rotatable bonds is 7. The highest BCUT2D eigenvalue weighted by Crippen LogP contribution is 2.35. The highest BCUT2D eigenvalue weighted by molar-refractivity contribution is 8.00. The molecule has 1 unspecified atom stereocenters. The van der Waals surface area contributed by atoms with Crippen molar-refractivity contribution >= 4 is 28.2 Å². The quantitative estimate of drug-likeness (QED) is 0.482. The lowest BCUT2D eigenvalue weighted by atomic mass is 10.2. The van der Waals surface area contributed by atoms with Crippen LogP contribution in [0.15, 0.2) is 45.8 Å². The van der Waals surface area contributed by atoms with Gasteiger partial charge in [0, 0.05) is 6.54 Å². The molecule has 1 aromatic carbocycles. The maximum absolute atomic E-state index is 5.87. The predicted molar refractivity (Wildman–Crippen MR) is 97.8 cm³/mol. The van der Waals surface area contributed by atoms with Crippen LogP contribution in [0.3, 0.4) is 0 Å². The van der Waals surface area contributed by atoms with Gasteiger partial charge < -0.3 is 19.3 Å². The maximum atomic E-state index is 5.87. The summed E-state index contributed by atoms with van der Waals surface area (Å²) in [4.78, 5) is 4.40. The van der Waals surface area contributed by atoms with E-state index in [1.165, 1.54) is 23.1 Å². The molecule has 1 N–H and O–H groups in total. The van der Waals surface area contributed by atoms with E-state index in [4.69, 9.17) is 14.0 Å². The van der Waals surface area contributed by atoms with Crippen LogP contribution in [0, 0.1) is 0 Å². The number of benzene rings is 1. The molecule has 8 nitrogen and oxygen atoms in total. The summed E-state index contributed by atoms with van der Waals surface area (Å²) >= 11 is 2.97. The van der Waals surface area contributed by atoms with Crippen molar-refractivity contribution in [3.05, 3.63) is 48.6 Å². The Morgan fingerprint density at radius 2 is 2.19 bits per heavy atom. The predicted octanol–water partition coefficient (Wildman–Crippen LogP) is 3.32. The van der Waals surface area contributed by atoms with E-state index < -0.39 is 6.10 Å². The number of hydrogen-bond donors (Lipinski definition) is 1. The van der Waals surface area contributed by atoms with Gasteiger partial charge in [-0.15, -0.1) is 16.8 Å². The van der Waals surface area contributed by atoms with E-state index in [2.05, 4.69) is 32.2 Å². The van der Waals surface area contributed by atoms with Gasteiger partial charge in [0.15, 0.2) is 21.7 Å². The minimum Gasteiger partial charge on any atom is -0.485 e. The van der Waals surface area contributed by atoms with Gasteiger partial charge in [-0.25, -0.2) is 0 Å². The van der Waals surface area contributed by atoms with Crippen LogP contribution in [0.2, 0.25) is 0 Å². The first-order chi connectivity index (χ1) is 12.8. The fourth-order valence-electron chi connectivity index (χ4n) is 2.22. The Bertz CT molecular complexity index is 897. The number of anilines is 1. The highest BCUT2D eigenvalue weighted by Gasteiger charge is 2.27. The van der Waals surface area contributed by atoms with Crippen LogP contribution in [-0.4, -0.2) is 33.5 Å². The third kappa shape index (κ3) is 3.81. The van der Waals surface area contributed by atoms with E-state index in [-0.39, 0.29) is 0 Å². The molecule has 134 valence electrons. The largest absolute Gasteiger partial charge is 0.485 e. The second-order valence-corrected chi connectivity index (χ2v) is 7.44. The van der Waals surface area contributed by atoms with Crippen LogP contribution in [0.4, 0.5) is 5.13 Å². The minimum absolute atomic E-state index is 0.334. The Hall–Kier alpha value is -2.59. The molecule has 2 aromatic heterocycles. The van der Waals surface area contributed by atoms with Crippen LogP contribution in [0.1, 0.15) is 17.8 Å². The van der Waals surface area contributed by atoms with Crippen molar-refractivity contribution in [3.8, 4) is 11.5 Å². The summed E-state index contributed by atoms with van der Waals surface area (Å²) in [6.07, 6.45) is 1.36. The van der Waals surface area contributed by atoms with Crippen molar-refractivity contribution in [1.29, 1.82) is 0 Å². The number of aromatic nitrogens is 4. The fourth-order valence-corrected chi connectivity index (χ4v) is 3.83. The molecule has 0 radical (unpaired) electrons. The third-order valence-electron chi connectivity index (χ3n) is 3.40. The third-order valence-corrected chi connectivity index (χ3v) is 5.41. The zero-order chi connectivity index (χ0) is 17.8. The molecule has 3 heterocycles. The van der Waals surface area contributed by atoms with Crippen molar-refractivity contribution < 1.29 is 14.0 Å². The smallest absolute Gasteiger partial charge is 0.271 e. The number of nitrogens with one attached hydrogen (secondary N) is 1. The molecule has 0 amide bonds. The fraction of sp³-hybridized carbons (Fsp3) is 0.250. The van der Waals surface area contributed by atoms with Crippen molar-refractivity contribution in [2.75, 3.05) is 18.5 Å². The second kappa shape index (κ2) is 7.75.